The molecule has 0 saturated heterocycles. The zero-order chi connectivity index (χ0) is 10.7. The van der Waals surface area contributed by atoms with Crippen molar-refractivity contribution in [1.82, 2.24) is 9.78 Å². The number of hydrogen-bond acceptors (Lipinski definition) is 2. The summed E-state index contributed by atoms with van der Waals surface area (Å²) in [5, 5.41) is 4.56. The summed E-state index contributed by atoms with van der Waals surface area (Å²) in [6.45, 7) is 9.44. The lowest BCUT2D eigenvalue weighted by atomic mass is 10.1. The topological polar surface area (TPSA) is 43.8 Å². The highest BCUT2D eigenvalue weighted by Crippen LogP contribution is 2.18. The van der Waals surface area contributed by atoms with Gasteiger partial charge < -0.3 is 5.73 Å². The summed E-state index contributed by atoms with van der Waals surface area (Å²) in [5.41, 5.74) is 8.19. The third kappa shape index (κ3) is 2.35. The molecule has 1 aromatic heterocycles. The highest BCUT2D eigenvalue weighted by molar-refractivity contribution is 5.16. The number of nitrogens with zero attached hydrogens (tertiary/aromatic N) is 2. The molecule has 0 radical (unpaired) electrons. The van der Waals surface area contributed by atoms with Gasteiger partial charge in [-0.05, 0) is 25.3 Å². The van der Waals surface area contributed by atoms with Crippen molar-refractivity contribution in [2.45, 2.75) is 52.6 Å². The molecule has 1 heterocycles. The van der Waals surface area contributed by atoms with Crippen LogP contribution >= 0.6 is 0 Å². The van der Waals surface area contributed by atoms with E-state index in [-0.39, 0.29) is 6.04 Å². The maximum Gasteiger partial charge on any atom is 0.0653 e. The molecular formula is C11H21N3. The molecule has 1 rings (SSSR count). The maximum atomic E-state index is 5.90. The van der Waals surface area contributed by atoms with Crippen molar-refractivity contribution in [3.8, 4) is 0 Å². The fourth-order valence-corrected chi connectivity index (χ4v) is 1.49. The highest BCUT2D eigenvalue weighted by atomic mass is 15.3. The van der Waals surface area contributed by atoms with Crippen LogP contribution in [0.1, 0.15) is 57.5 Å². The number of rotatable bonds is 4. The monoisotopic (exact) mass is 195 g/mol. The van der Waals surface area contributed by atoms with Gasteiger partial charge in [0.05, 0.1) is 11.4 Å². The molecule has 0 saturated carbocycles. The Bertz CT molecular complexity index is 287. The lowest BCUT2D eigenvalue weighted by Crippen LogP contribution is -2.13. The molecule has 0 bridgehead atoms. The second-order valence-electron chi connectivity index (χ2n) is 4.16. The van der Waals surface area contributed by atoms with Gasteiger partial charge in [-0.2, -0.15) is 5.10 Å². The second kappa shape index (κ2) is 4.60. The van der Waals surface area contributed by atoms with Gasteiger partial charge in [-0.25, -0.2) is 0 Å². The van der Waals surface area contributed by atoms with Gasteiger partial charge in [-0.3, -0.25) is 4.68 Å². The van der Waals surface area contributed by atoms with Crippen LogP contribution in [0.3, 0.4) is 0 Å². The summed E-state index contributed by atoms with van der Waals surface area (Å²) in [6, 6.07) is 2.20. The van der Waals surface area contributed by atoms with E-state index in [2.05, 4.69) is 31.9 Å². The Labute approximate surface area is 86.3 Å². The zero-order valence-corrected chi connectivity index (χ0v) is 9.62. The van der Waals surface area contributed by atoms with Crippen LogP contribution in [0.15, 0.2) is 6.07 Å². The maximum absolute atomic E-state index is 5.90. The fraction of sp³-hybridized carbons (Fsp3) is 0.727. The number of nitrogens with two attached hydrogens (primary N) is 1. The highest BCUT2D eigenvalue weighted by Gasteiger charge is 2.12. The van der Waals surface area contributed by atoms with Crippen molar-refractivity contribution in [2.75, 3.05) is 0 Å². The van der Waals surface area contributed by atoms with Gasteiger partial charge in [0, 0.05) is 12.6 Å². The second-order valence-corrected chi connectivity index (χ2v) is 4.16. The molecule has 0 aliphatic carbocycles. The average Bonchev–Trinajstić information content (AvgIpc) is 2.49. The summed E-state index contributed by atoms with van der Waals surface area (Å²) in [4.78, 5) is 0. The van der Waals surface area contributed by atoms with E-state index >= 15 is 0 Å². The van der Waals surface area contributed by atoms with Crippen LogP contribution in [0.2, 0.25) is 0 Å². The van der Waals surface area contributed by atoms with E-state index < -0.39 is 0 Å². The van der Waals surface area contributed by atoms with E-state index in [9.17, 15) is 0 Å². The Morgan fingerprint density at radius 3 is 2.50 bits per heavy atom. The van der Waals surface area contributed by atoms with Crippen molar-refractivity contribution < 1.29 is 0 Å². The van der Waals surface area contributed by atoms with Crippen LogP contribution in [0.5, 0.6) is 0 Å². The predicted octanol–water partition coefficient (Wildman–Crippen LogP) is 2.44. The van der Waals surface area contributed by atoms with Crippen molar-refractivity contribution >= 4 is 0 Å². The number of aryl methyl sites for hydroxylation is 1. The SMILES string of the molecule is CCCn1nc(C(C)C)cc1C(C)N. The van der Waals surface area contributed by atoms with E-state index in [0.29, 0.717) is 5.92 Å². The van der Waals surface area contributed by atoms with Crippen LogP contribution in [-0.2, 0) is 6.54 Å². The molecule has 0 aromatic carbocycles. The summed E-state index contributed by atoms with van der Waals surface area (Å²) in [5.74, 6) is 0.477. The normalized spacial score (nSPS) is 13.6. The molecule has 0 amide bonds. The Hall–Kier alpha value is -0.830. The average molecular weight is 195 g/mol. The Kier molecular flexibility index (Phi) is 3.69. The van der Waals surface area contributed by atoms with Crippen molar-refractivity contribution in [3.05, 3.63) is 17.5 Å². The minimum Gasteiger partial charge on any atom is -0.323 e. The van der Waals surface area contributed by atoms with Crippen molar-refractivity contribution in [1.29, 1.82) is 0 Å². The Morgan fingerprint density at radius 2 is 2.07 bits per heavy atom. The minimum atomic E-state index is 0.0709. The number of hydrogen-bond donors (Lipinski definition) is 1. The van der Waals surface area contributed by atoms with Crippen molar-refractivity contribution in [2.24, 2.45) is 5.73 Å². The summed E-state index contributed by atoms with van der Waals surface area (Å²) < 4.78 is 2.04. The molecule has 80 valence electrons. The van der Waals surface area contributed by atoms with Crippen LogP contribution in [-0.4, -0.2) is 9.78 Å². The molecule has 0 aliphatic rings. The lowest BCUT2D eigenvalue weighted by molar-refractivity contribution is 0.544. The summed E-state index contributed by atoms with van der Waals surface area (Å²) >= 11 is 0. The standard InChI is InChI=1S/C11H21N3/c1-5-6-14-11(9(4)12)7-10(13-14)8(2)3/h7-9H,5-6,12H2,1-4H3. The first-order valence-electron chi connectivity index (χ1n) is 5.39. The minimum absolute atomic E-state index is 0.0709. The molecule has 1 unspecified atom stereocenters. The van der Waals surface area contributed by atoms with E-state index in [1.807, 2.05) is 11.6 Å². The summed E-state index contributed by atoms with van der Waals surface area (Å²) in [6.07, 6.45) is 1.10. The van der Waals surface area contributed by atoms with Crippen LogP contribution in [0.4, 0.5) is 0 Å². The molecular weight excluding hydrogens is 174 g/mol. The predicted molar refractivity (Wildman–Crippen MR) is 59.2 cm³/mol. The zero-order valence-electron chi connectivity index (χ0n) is 9.62. The molecule has 1 atom stereocenters. The largest absolute Gasteiger partial charge is 0.323 e. The third-order valence-electron chi connectivity index (χ3n) is 2.32. The van der Waals surface area contributed by atoms with E-state index in [1.54, 1.807) is 0 Å². The summed E-state index contributed by atoms with van der Waals surface area (Å²) in [7, 11) is 0. The first-order chi connectivity index (χ1) is 6.56. The molecule has 14 heavy (non-hydrogen) atoms. The molecule has 0 aliphatic heterocycles. The van der Waals surface area contributed by atoms with Gasteiger partial charge in [0.2, 0.25) is 0 Å². The van der Waals surface area contributed by atoms with Gasteiger partial charge >= 0.3 is 0 Å². The van der Waals surface area contributed by atoms with Crippen molar-refractivity contribution in [3.63, 3.8) is 0 Å². The van der Waals surface area contributed by atoms with Crippen LogP contribution in [0, 0.1) is 0 Å². The van der Waals surface area contributed by atoms with Gasteiger partial charge in [0.15, 0.2) is 0 Å². The smallest absolute Gasteiger partial charge is 0.0653 e. The van der Waals surface area contributed by atoms with Crippen LogP contribution < -0.4 is 5.73 Å². The first kappa shape index (κ1) is 11.2. The molecule has 3 heteroatoms. The van der Waals surface area contributed by atoms with E-state index in [0.717, 1.165) is 24.4 Å². The molecule has 3 nitrogen and oxygen atoms in total. The van der Waals surface area contributed by atoms with Crippen LogP contribution in [0.25, 0.3) is 0 Å². The molecule has 0 fully saturated rings. The molecule has 0 spiro atoms. The molecule has 2 N–H and O–H groups in total. The van der Waals surface area contributed by atoms with Gasteiger partial charge in [-0.1, -0.05) is 20.8 Å². The van der Waals surface area contributed by atoms with Gasteiger partial charge in [0.1, 0.15) is 0 Å². The molecule has 1 aromatic rings. The lowest BCUT2D eigenvalue weighted by Gasteiger charge is -2.08. The Balaban J connectivity index is 2.99. The first-order valence-corrected chi connectivity index (χ1v) is 5.39. The fourth-order valence-electron chi connectivity index (χ4n) is 1.49. The van der Waals surface area contributed by atoms with Gasteiger partial charge in [0.25, 0.3) is 0 Å². The van der Waals surface area contributed by atoms with Gasteiger partial charge in [-0.15, -0.1) is 0 Å². The quantitative estimate of drug-likeness (QED) is 0.802. The van der Waals surface area contributed by atoms with E-state index in [1.165, 1.54) is 0 Å². The third-order valence-corrected chi connectivity index (χ3v) is 2.32. The Morgan fingerprint density at radius 1 is 1.43 bits per heavy atom. The van der Waals surface area contributed by atoms with E-state index in [4.69, 9.17) is 5.73 Å². The number of aromatic nitrogens is 2.